The molecule has 0 aliphatic carbocycles. The second-order valence-electron chi connectivity index (χ2n) is 5.33. The first-order valence-corrected chi connectivity index (χ1v) is 6.67. The van der Waals surface area contributed by atoms with Gasteiger partial charge in [0, 0.05) is 19.7 Å². The van der Waals surface area contributed by atoms with E-state index < -0.39 is 0 Å². The van der Waals surface area contributed by atoms with Gasteiger partial charge in [-0.3, -0.25) is 0 Å². The highest BCUT2D eigenvalue weighted by Gasteiger charge is 2.27. The van der Waals surface area contributed by atoms with Gasteiger partial charge in [-0.1, -0.05) is 0 Å². The van der Waals surface area contributed by atoms with Crippen molar-refractivity contribution in [2.24, 2.45) is 5.92 Å². The predicted molar refractivity (Wildman–Crippen MR) is 64.6 cm³/mol. The van der Waals surface area contributed by atoms with Gasteiger partial charge in [-0.15, -0.1) is 0 Å². The van der Waals surface area contributed by atoms with Crippen LogP contribution >= 0.6 is 0 Å². The Kier molecular flexibility index (Phi) is 4.62. The summed E-state index contributed by atoms with van der Waals surface area (Å²) < 4.78 is 11.6. The number of hydrogen-bond donors (Lipinski definition) is 0. The lowest BCUT2D eigenvalue weighted by Gasteiger charge is -2.36. The minimum Gasteiger partial charge on any atom is -0.379 e. The fourth-order valence-electron chi connectivity index (χ4n) is 2.77. The second kappa shape index (κ2) is 5.99. The van der Waals surface area contributed by atoms with E-state index in [4.69, 9.17) is 9.47 Å². The summed E-state index contributed by atoms with van der Waals surface area (Å²) in [5, 5.41) is 0. The maximum Gasteiger partial charge on any atom is 0.0730 e. The topological polar surface area (TPSA) is 21.7 Å². The van der Waals surface area contributed by atoms with E-state index in [0.717, 1.165) is 32.2 Å². The summed E-state index contributed by atoms with van der Waals surface area (Å²) in [5.74, 6) is 0.745. The van der Waals surface area contributed by atoms with Gasteiger partial charge in [0.05, 0.1) is 18.8 Å². The van der Waals surface area contributed by atoms with Crippen molar-refractivity contribution >= 4 is 0 Å². The first-order valence-electron chi connectivity index (χ1n) is 6.67. The molecule has 0 saturated carbocycles. The molecule has 0 spiro atoms. The Morgan fingerprint density at radius 2 is 1.94 bits per heavy atom. The van der Waals surface area contributed by atoms with Crippen molar-refractivity contribution in [3.05, 3.63) is 0 Å². The van der Waals surface area contributed by atoms with Crippen molar-refractivity contribution in [1.29, 1.82) is 0 Å². The van der Waals surface area contributed by atoms with Crippen molar-refractivity contribution in [2.45, 2.75) is 44.8 Å². The summed E-state index contributed by atoms with van der Waals surface area (Å²) in [6, 6.07) is 0. The van der Waals surface area contributed by atoms with Crippen LogP contribution < -0.4 is 0 Å². The molecule has 1 unspecified atom stereocenters. The van der Waals surface area contributed by atoms with E-state index in [1.165, 1.54) is 25.7 Å². The first kappa shape index (κ1) is 12.3. The summed E-state index contributed by atoms with van der Waals surface area (Å²) >= 11 is 0. The predicted octanol–water partition coefficient (Wildman–Crippen LogP) is 1.91. The molecule has 0 radical (unpaired) electrons. The third kappa shape index (κ3) is 3.44. The van der Waals surface area contributed by atoms with Gasteiger partial charge in [-0.25, -0.2) is 0 Å². The van der Waals surface area contributed by atoms with Gasteiger partial charge < -0.3 is 14.4 Å². The molecule has 0 N–H and O–H groups in total. The van der Waals surface area contributed by atoms with Crippen LogP contribution in [0.2, 0.25) is 0 Å². The molecule has 3 nitrogen and oxygen atoms in total. The van der Waals surface area contributed by atoms with E-state index in [1.54, 1.807) is 0 Å². The van der Waals surface area contributed by atoms with Crippen LogP contribution in [0, 0.1) is 5.92 Å². The highest BCUT2D eigenvalue weighted by Crippen LogP contribution is 2.26. The molecule has 16 heavy (non-hydrogen) atoms. The molecule has 2 saturated heterocycles. The van der Waals surface area contributed by atoms with Crippen LogP contribution in [0.15, 0.2) is 0 Å². The summed E-state index contributed by atoms with van der Waals surface area (Å²) in [6.07, 6.45) is 5.81. The fourth-order valence-corrected chi connectivity index (χ4v) is 2.77. The van der Waals surface area contributed by atoms with Gasteiger partial charge in [0.25, 0.3) is 0 Å². The fraction of sp³-hybridized carbons (Fsp3) is 1.00. The van der Waals surface area contributed by atoms with Crippen molar-refractivity contribution in [1.82, 2.24) is 4.90 Å². The second-order valence-corrected chi connectivity index (χ2v) is 5.33. The normalized spacial score (nSPS) is 39.0. The largest absolute Gasteiger partial charge is 0.379 e. The van der Waals surface area contributed by atoms with Crippen molar-refractivity contribution in [2.75, 3.05) is 33.4 Å². The molecule has 2 rings (SSSR count). The van der Waals surface area contributed by atoms with Crippen molar-refractivity contribution in [3.63, 3.8) is 0 Å². The van der Waals surface area contributed by atoms with Crippen molar-refractivity contribution in [3.8, 4) is 0 Å². The van der Waals surface area contributed by atoms with Gasteiger partial charge in [0.1, 0.15) is 0 Å². The average Bonchev–Trinajstić information content (AvgIpc) is 2.24. The molecule has 2 aliphatic rings. The van der Waals surface area contributed by atoms with Crippen LogP contribution in [0.1, 0.15) is 32.6 Å². The molecule has 0 aromatic rings. The summed E-state index contributed by atoms with van der Waals surface area (Å²) in [6.45, 7) is 6.23. The Labute approximate surface area is 99.1 Å². The van der Waals surface area contributed by atoms with Gasteiger partial charge in [0.15, 0.2) is 0 Å². The molecule has 3 heteroatoms. The zero-order chi connectivity index (χ0) is 11.4. The lowest BCUT2D eigenvalue weighted by molar-refractivity contribution is -0.0644. The zero-order valence-electron chi connectivity index (χ0n) is 10.7. The maximum absolute atomic E-state index is 5.94. The molecule has 0 aromatic carbocycles. The number of morpholine rings is 1. The number of nitrogens with zero attached hydrogens (tertiary/aromatic N) is 1. The van der Waals surface area contributed by atoms with Crippen LogP contribution in [-0.2, 0) is 9.47 Å². The Bertz CT molecular complexity index is 210. The molecular formula is C13H25NO2. The number of rotatable bonds is 1. The lowest BCUT2D eigenvalue weighted by Crippen LogP contribution is -2.44. The number of ether oxygens (including phenoxy) is 2. The van der Waals surface area contributed by atoms with E-state index in [2.05, 4.69) is 18.9 Å². The molecule has 3 atom stereocenters. The molecule has 0 aromatic heterocycles. The minimum absolute atomic E-state index is 0.434. The maximum atomic E-state index is 5.94. The van der Waals surface area contributed by atoms with E-state index >= 15 is 0 Å². The van der Waals surface area contributed by atoms with Gasteiger partial charge in [-0.05, 0) is 45.6 Å². The van der Waals surface area contributed by atoms with Crippen LogP contribution in [0.5, 0.6) is 0 Å². The summed E-state index contributed by atoms with van der Waals surface area (Å²) in [5.41, 5.74) is 0. The Balaban J connectivity index is 1.85. The van der Waals surface area contributed by atoms with Crippen LogP contribution in [0.4, 0.5) is 0 Å². The van der Waals surface area contributed by atoms with E-state index in [1.807, 2.05) is 0 Å². The minimum atomic E-state index is 0.434. The highest BCUT2D eigenvalue weighted by atomic mass is 16.5. The molecule has 2 fully saturated rings. The van der Waals surface area contributed by atoms with Crippen LogP contribution in [0.25, 0.3) is 0 Å². The number of hydrogen-bond acceptors (Lipinski definition) is 3. The molecule has 0 bridgehead atoms. The van der Waals surface area contributed by atoms with Gasteiger partial charge in [-0.2, -0.15) is 0 Å². The molecular weight excluding hydrogens is 202 g/mol. The molecule has 2 aliphatic heterocycles. The van der Waals surface area contributed by atoms with Crippen molar-refractivity contribution < 1.29 is 9.47 Å². The Morgan fingerprint density at radius 1 is 1.06 bits per heavy atom. The molecule has 94 valence electrons. The number of likely N-dealkylation sites (N-methyl/N-ethyl adjacent to an activating group) is 1. The van der Waals surface area contributed by atoms with E-state index in [-0.39, 0.29) is 0 Å². The Hall–Kier alpha value is -0.120. The van der Waals surface area contributed by atoms with Gasteiger partial charge >= 0.3 is 0 Å². The standard InChI is InChI=1S/C13H25NO2/c1-11-5-6-12(4-3-8-15-11)13-10-14(2)7-9-16-13/h11-13H,3-10H2,1-2H3/t11-,12+,13?/m0/s1. The highest BCUT2D eigenvalue weighted by molar-refractivity contribution is 4.78. The SMILES string of the molecule is C[C@H]1CC[C@H](C2CN(C)CCO2)CCCO1. The average molecular weight is 227 g/mol. The molecule has 2 heterocycles. The van der Waals surface area contributed by atoms with Crippen LogP contribution in [-0.4, -0.2) is 50.5 Å². The zero-order valence-corrected chi connectivity index (χ0v) is 10.7. The first-order chi connectivity index (χ1) is 7.75. The third-order valence-corrected chi connectivity index (χ3v) is 3.89. The summed E-state index contributed by atoms with van der Waals surface area (Å²) in [4.78, 5) is 2.40. The lowest BCUT2D eigenvalue weighted by atomic mass is 9.89. The van der Waals surface area contributed by atoms with Gasteiger partial charge in [0.2, 0.25) is 0 Å². The molecule has 0 amide bonds. The Morgan fingerprint density at radius 3 is 2.75 bits per heavy atom. The summed E-state index contributed by atoms with van der Waals surface area (Å²) in [7, 11) is 2.20. The quantitative estimate of drug-likeness (QED) is 0.683. The third-order valence-electron chi connectivity index (χ3n) is 3.89. The van der Waals surface area contributed by atoms with Crippen LogP contribution in [0.3, 0.4) is 0 Å². The van der Waals surface area contributed by atoms with E-state index in [9.17, 15) is 0 Å². The smallest absolute Gasteiger partial charge is 0.0730 e. The van der Waals surface area contributed by atoms with E-state index in [0.29, 0.717) is 12.2 Å². The monoisotopic (exact) mass is 227 g/mol.